The van der Waals surface area contributed by atoms with Gasteiger partial charge < -0.3 is 29.2 Å². The van der Waals surface area contributed by atoms with Gasteiger partial charge in [-0.2, -0.15) is 0 Å². The lowest BCUT2D eigenvalue weighted by Crippen LogP contribution is -2.54. The number of carbonyl (C=O) groups excluding carboxylic acids is 4. The highest BCUT2D eigenvalue weighted by atomic mass is 35.5. The van der Waals surface area contributed by atoms with Crippen molar-refractivity contribution in [3.63, 3.8) is 0 Å². The quantitative estimate of drug-likeness (QED) is 0.146. The first-order chi connectivity index (χ1) is 23.6. The highest BCUT2D eigenvalue weighted by molar-refractivity contribution is 6.30. The molecule has 1 aliphatic rings. The average Bonchev–Trinajstić information content (AvgIpc) is 3.42. The maximum atomic E-state index is 13.7. The van der Waals surface area contributed by atoms with Crippen LogP contribution in [0.25, 0.3) is 11.1 Å². The Morgan fingerprint density at radius 3 is 1.96 bits per heavy atom. The molecule has 0 spiro atoms. The van der Waals surface area contributed by atoms with Crippen LogP contribution in [-0.2, 0) is 35.0 Å². The zero-order chi connectivity index (χ0) is 35.3. The van der Waals surface area contributed by atoms with Crippen LogP contribution in [-0.4, -0.2) is 80.2 Å². The highest BCUT2D eigenvalue weighted by Crippen LogP contribution is 2.44. The number of hydrogen-bond acceptors (Lipinski definition) is 8. The number of rotatable bonds is 15. The zero-order valence-corrected chi connectivity index (χ0v) is 28.8. The van der Waals surface area contributed by atoms with Crippen LogP contribution < -0.4 is 16.2 Å². The minimum Gasteiger partial charge on any atom is -0.447 e. The molecular formula is C36H43ClN4O8. The van der Waals surface area contributed by atoms with Crippen LogP contribution in [0, 0.1) is 0 Å². The number of nitrogens with one attached hydrogen (secondary N) is 3. The van der Waals surface area contributed by atoms with Crippen LogP contribution in [0.3, 0.4) is 0 Å². The van der Waals surface area contributed by atoms with E-state index in [1.54, 1.807) is 24.3 Å². The Labute approximate surface area is 291 Å². The lowest BCUT2D eigenvalue weighted by Gasteiger charge is -2.30. The number of hydrogen-bond donors (Lipinski definition) is 3. The maximum Gasteiger partial charge on any atom is 0.426 e. The largest absolute Gasteiger partial charge is 0.447 e. The monoisotopic (exact) mass is 694 g/mol. The van der Waals surface area contributed by atoms with Gasteiger partial charge in [0.15, 0.2) is 12.4 Å². The molecule has 3 aromatic carbocycles. The van der Waals surface area contributed by atoms with E-state index in [9.17, 15) is 19.2 Å². The van der Waals surface area contributed by atoms with Crippen LogP contribution in [0.5, 0.6) is 0 Å². The Bertz CT molecular complexity index is 1540. The van der Waals surface area contributed by atoms with E-state index in [1.807, 2.05) is 69.3 Å². The predicted molar refractivity (Wildman–Crippen MR) is 184 cm³/mol. The summed E-state index contributed by atoms with van der Waals surface area (Å²) in [4.78, 5) is 53.4. The molecular weight excluding hydrogens is 652 g/mol. The van der Waals surface area contributed by atoms with Crippen molar-refractivity contribution in [1.82, 2.24) is 21.1 Å². The molecule has 0 bridgehead atoms. The summed E-state index contributed by atoms with van der Waals surface area (Å²) < 4.78 is 21.8. The second kappa shape index (κ2) is 18.2. The van der Waals surface area contributed by atoms with Gasteiger partial charge in [-0.3, -0.25) is 9.59 Å². The Kier molecular flexibility index (Phi) is 13.8. The fraction of sp³-hybridized carbons (Fsp3) is 0.389. The molecule has 0 heterocycles. The van der Waals surface area contributed by atoms with E-state index in [2.05, 4.69) is 16.2 Å². The lowest BCUT2D eigenvalue weighted by molar-refractivity contribution is -0.160. The molecule has 0 saturated heterocycles. The van der Waals surface area contributed by atoms with E-state index < -0.39 is 36.5 Å². The Morgan fingerprint density at radius 2 is 1.39 bits per heavy atom. The van der Waals surface area contributed by atoms with Crippen LogP contribution in [0.4, 0.5) is 9.59 Å². The molecule has 1 aliphatic carbocycles. The van der Waals surface area contributed by atoms with Gasteiger partial charge in [-0.1, -0.05) is 72.3 Å². The molecule has 0 saturated carbocycles. The summed E-state index contributed by atoms with van der Waals surface area (Å²) in [5.74, 6) is -1.25. The first-order valence-corrected chi connectivity index (χ1v) is 16.7. The molecule has 4 amide bonds. The van der Waals surface area contributed by atoms with E-state index in [1.165, 1.54) is 11.8 Å². The third-order valence-corrected chi connectivity index (χ3v) is 8.25. The summed E-state index contributed by atoms with van der Waals surface area (Å²) in [5, 5.41) is 3.24. The molecule has 4 rings (SSSR count). The number of amides is 4. The third kappa shape index (κ3) is 10.2. The molecule has 2 unspecified atom stereocenters. The third-order valence-electron chi connectivity index (χ3n) is 8.00. The van der Waals surface area contributed by atoms with Gasteiger partial charge >= 0.3 is 12.2 Å². The van der Waals surface area contributed by atoms with Crippen molar-refractivity contribution in [3.8, 4) is 11.1 Å². The second-order valence-electron chi connectivity index (χ2n) is 11.2. The van der Waals surface area contributed by atoms with Gasteiger partial charge in [-0.25, -0.2) is 20.4 Å². The average molecular weight is 695 g/mol. The fourth-order valence-corrected chi connectivity index (χ4v) is 5.75. The van der Waals surface area contributed by atoms with Crippen LogP contribution >= 0.6 is 11.6 Å². The van der Waals surface area contributed by atoms with Crippen molar-refractivity contribution in [3.05, 3.63) is 94.5 Å². The van der Waals surface area contributed by atoms with Crippen molar-refractivity contribution in [2.75, 3.05) is 32.9 Å². The smallest absolute Gasteiger partial charge is 0.426 e. The summed E-state index contributed by atoms with van der Waals surface area (Å²) in [6, 6.07) is 21.7. The van der Waals surface area contributed by atoms with Gasteiger partial charge in [0, 0.05) is 37.1 Å². The topological polar surface area (TPSA) is 145 Å². The number of likely N-dealkylation sites (N-methyl/N-ethyl adjacent to an activating group) is 1. The van der Waals surface area contributed by atoms with Crippen molar-refractivity contribution in [1.29, 1.82) is 0 Å². The van der Waals surface area contributed by atoms with E-state index in [0.717, 1.165) is 27.8 Å². The Balaban J connectivity index is 1.31. The number of hydrazine groups is 1. The molecule has 3 N–H and O–H groups in total. The van der Waals surface area contributed by atoms with Gasteiger partial charge in [0.05, 0.1) is 6.54 Å². The van der Waals surface area contributed by atoms with Gasteiger partial charge in [-0.05, 0) is 67.6 Å². The summed E-state index contributed by atoms with van der Waals surface area (Å²) in [6.45, 7) is 8.15. The normalized spacial score (nSPS) is 13.1. The number of carbonyl (C=O) groups is 4. The van der Waals surface area contributed by atoms with Gasteiger partial charge in [0.25, 0.3) is 5.91 Å². The number of halogens is 1. The summed E-state index contributed by atoms with van der Waals surface area (Å²) in [6.07, 6.45) is -3.81. The summed E-state index contributed by atoms with van der Waals surface area (Å²) in [5.41, 5.74) is 9.25. The van der Waals surface area contributed by atoms with E-state index >= 15 is 0 Å². The van der Waals surface area contributed by atoms with E-state index in [-0.39, 0.29) is 31.4 Å². The first-order valence-electron chi connectivity index (χ1n) is 16.3. The second-order valence-corrected chi connectivity index (χ2v) is 11.7. The minimum absolute atomic E-state index is 0.0447. The standard InChI is InChI=1S/C36H43ClN4O8/c1-5-41(21-32(46-6-2)47-7-3)34(43)31(20-24-16-18-25(37)19-17-24)38-33(42)23(4)49-36(45)40-39-35(44)48-22-30-28-14-10-8-12-26(28)27-13-9-11-15-29(27)30/h8-19,23,30-32H,5-7,20-22H2,1-4H3,(H,38,42)(H,39,44)(H,40,45). The summed E-state index contributed by atoms with van der Waals surface area (Å²) >= 11 is 6.04. The molecule has 0 aromatic heterocycles. The summed E-state index contributed by atoms with van der Waals surface area (Å²) in [7, 11) is 0. The number of benzene rings is 3. The molecule has 12 nitrogen and oxygen atoms in total. The van der Waals surface area contributed by atoms with Gasteiger partial charge in [-0.15, -0.1) is 0 Å². The first kappa shape index (κ1) is 37.2. The predicted octanol–water partition coefficient (Wildman–Crippen LogP) is 5.18. The highest BCUT2D eigenvalue weighted by Gasteiger charge is 2.31. The number of fused-ring (bicyclic) bond motifs is 3. The Morgan fingerprint density at radius 1 is 0.816 bits per heavy atom. The SMILES string of the molecule is CCOC(CN(CC)C(=O)C(Cc1ccc(Cl)cc1)NC(=O)C(C)OC(=O)NNC(=O)OCC1c2ccccc2-c2ccccc21)OCC. The zero-order valence-electron chi connectivity index (χ0n) is 28.1. The van der Waals surface area contributed by atoms with Crippen LogP contribution in [0.15, 0.2) is 72.8 Å². The van der Waals surface area contributed by atoms with E-state index in [4.69, 9.17) is 30.5 Å². The molecule has 0 radical (unpaired) electrons. The molecule has 49 heavy (non-hydrogen) atoms. The number of nitrogens with zero attached hydrogens (tertiary/aromatic N) is 1. The maximum absolute atomic E-state index is 13.7. The molecule has 13 heteroatoms. The van der Waals surface area contributed by atoms with Crippen LogP contribution in [0.2, 0.25) is 5.02 Å². The van der Waals surface area contributed by atoms with Gasteiger partial charge in [0.2, 0.25) is 5.91 Å². The van der Waals surface area contributed by atoms with Crippen molar-refractivity contribution < 1.29 is 38.1 Å². The molecule has 0 aliphatic heterocycles. The minimum atomic E-state index is -1.32. The van der Waals surface area contributed by atoms with Crippen LogP contribution in [0.1, 0.15) is 50.3 Å². The lowest BCUT2D eigenvalue weighted by atomic mass is 9.98. The van der Waals surface area contributed by atoms with Crippen molar-refractivity contribution in [2.24, 2.45) is 0 Å². The van der Waals surface area contributed by atoms with Gasteiger partial charge in [0.1, 0.15) is 12.6 Å². The van der Waals surface area contributed by atoms with Crippen molar-refractivity contribution in [2.45, 2.75) is 58.5 Å². The molecule has 262 valence electrons. The Hall–Kier alpha value is -4.65. The van der Waals surface area contributed by atoms with E-state index in [0.29, 0.717) is 24.8 Å². The molecule has 2 atom stereocenters. The number of ether oxygens (including phenoxy) is 4. The molecule has 3 aromatic rings. The van der Waals surface area contributed by atoms with Crippen molar-refractivity contribution >= 4 is 35.6 Å². The fourth-order valence-electron chi connectivity index (χ4n) is 5.63. The molecule has 0 fully saturated rings.